The van der Waals surface area contributed by atoms with Crippen molar-refractivity contribution in [2.75, 3.05) is 6.61 Å². The molecule has 0 unspecified atom stereocenters. The molecule has 0 heterocycles. The van der Waals surface area contributed by atoms with Crippen LogP contribution in [-0.4, -0.2) is 19.1 Å². The Morgan fingerprint density at radius 1 is 1.25 bits per heavy atom. The molecule has 0 radical (unpaired) electrons. The molecular formula is C9H16F2O. The molecule has 1 nitrogen and oxygen atoms in total. The van der Waals surface area contributed by atoms with Crippen LogP contribution in [0, 0.1) is 5.92 Å². The summed E-state index contributed by atoms with van der Waals surface area (Å²) in [5.41, 5.74) is 0. The molecule has 0 aromatic rings. The quantitative estimate of drug-likeness (QED) is 0.645. The Kier molecular flexibility index (Phi) is 3.92. The van der Waals surface area contributed by atoms with Crippen LogP contribution in [0.1, 0.15) is 32.6 Å². The summed E-state index contributed by atoms with van der Waals surface area (Å²) in [6.07, 6.45) is 1.92. The Balaban J connectivity index is 2.09. The number of ether oxygens (including phenoxy) is 1. The fraction of sp³-hybridized carbons (Fsp3) is 1.00. The zero-order valence-corrected chi connectivity index (χ0v) is 7.43. The third kappa shape index (κ3) is 3.48. The maximum Gasteiger partial charge on any atom is 0.261 e. The molecule has 0 N–H and O–H groups in total. The van der Waals surface area contributed by atoms with E-state index in [4.69, 9.17) is 4.74 Å². The molecule has 0 aliphatic heterocycles. The van der Waals surface area contributed by atoms with Crippen LogP contribution in [0.25, 0.3) is 0 Å². The molecule has 1 aliphatic carbocycles. The zero-order valence-electron chi connectivity index (χ0n) is 7.43. The molecule has 0 spiro atoms. The lowest BCUT2D eigenvalue weighted by Gasteiger charge is -2.25. The van der Waals surface area contributed by atoms with Crippen molar-refractivity contribution >= 4 is 0 Å². The first-order chi connectivity index (χ1) is 5.68. The first-order valence-corrected chi connectivity index (χ1v) is 4.58. The number of hydrogen-bond donors (Lipinski definition) is 0. The van der Waals surface area contributed by atoms with E-state index >= 15 is 0 Å². The van der Waals surface area contributed by atoms with Crippen LogP contribution in [0.5, 0.6) is 0 Å². The van der Waals surface area contributed by atoms with Gasteiger partial charge in [-0.15, -0.1) is 0 Å². The van der Waals surface area contributed by atoms with E-state index in [-0.39, 0.29) is 12.7 Å². The predicted octanol–water partition coefficient (Wildman–Crippen LogP) is 2.85. The highest BCUT2D eigenvalue weighted by Gasteiger charge is 2.19. The van der Waals surface area contributed by atoms with Crippen LogP contribution in [0.15, 0.2) is 0 Å². The number of hydrogen-bond acceptors (Lipinski definition) is 1. The first-order valence-electron chi connectivity index (χ1n) is 4.58. The van der Waals surface area contributed by atoms with Gasteiger partial charge in [-0.25, -0.2) is 8.78 Å². The van der Waals surface area contributed by atoms with Crippen molar-refractivity contribution in [3.8, 4) is 0 Å². The summed E-state index contributed by atoms with van der Waals surface area (Å²) in [4.78, 5) is 0. The Hall–Kier alpha value is -0.180. The normalized spacial score (nSPS) is 31.0. The summed E-state index contributed by atoms with van der Waals surface area (Å²) in [6.45, 7) is 1.81. The maximum atomic E-state index is 11.7. The second kappa shape index (κ2) is 4.75. The highest BCUT2D eigenvalue weighted by atomic mass is 19.3. The van der Waals surface area contributed by atoms with Gasteiger partial charge in [0, 0.05) is 0 Å². The summed E-state index contributed by atoms with van der Waals surface area (Å²) >= 11 is 0. The molecule has 3 heteroatoms. The maximum absolute atomic E-state index is 11.7. The van der Waals surface area contributed by atoms with Gasteiger partial charge in [-0.1, -0.05) is 6.92 Å². The highest BCUT2D eigenvalue weighted by molar-refractivity contribution is 4.69. The Labute approximate surface area is 72.1 Å². The van der Waals surface area contributed by atoms with Gasteiger partial charge in [0.2, 0.25) is 0 Å². The fourth-order valence-corrected chi connectivity index (χ4v) is 1.60. The van der Waals surface area contributed by atoms with E-state index < -0.39 is 6.43 Å². The molecule has 1 fully saturated rings. The predicted molar refractivity (Wildman–Crippen MR) is 43.4 cm³/mol. The summed E-state index contributed by atoms with van der Waals surface area (Å²) in [5.74, 6) is 0.747. The number of rotatable bonds is 3. The lowest BCUT2D eigenvalue weighted by molar-refractivity contribution is -0.0407. The molecular weight excluding hydrogens is 162 g/mol. The average Bonchev–Trinajstić information content (AvgIpc) is 2.03. The van der Waals surface area contributed by atoms with Gasteiger partial charge in [0.15, 0.2) is 0 Å². The van der Waals surface area contributed by atoms with Crippen LogP contribution in [0.2, 0.25) is 0 Å². The van der Waals surface area contributed by atoms with Crippen molar-refractivity contribution in [2.45, 2.75) is 45.1 Å². The Bertz CT molecular complexity index is 120. The Morgan fingerprint density at radius 2 is 1.83 bits per heavy atom. The first kappa shape index (κ1) is 9.90. The molecule has 0 bridgehead atoms. The third-order valence-electron chi connectivity index (χ3n) is 2.42. The van der Waals surface area contributed by atoms with E-state index in [1.165, 1.54) is 0 Å². The fourth-order valence-electron chi connectivity index (χ4n) is 1.60. The standard InChI is InChI=1S/C9H16F2O/c1-7-2-4-8(5-3-7)12-6-9(10)11/h7-9H,2-6H2,1H3. The van der Waals surface area contributed by atoms with Gasteiger partial charge in [-0.2, -0.15) is 0 Å². The molecule has 0 aromatic carbocycles. The van der Waals surface area contributed by atoms with Gasteiger partial charge >= 0.3 is 0 Å². The van der Waals surface area contributed by atoms with Crippen molar-refractivity contribution in [2.24, 2.45) is 5.92 Å². The molecule has 0 saturated heterocycles. The average molecular weight is 178 g/mol. The second-order valence-corrected chi connectivity index (χ2v) is 3.61. The van der Waals surface area contributed by atoms with E-state index in [1.807, 2.05) is 0 Å². The SMILES string of the molecule is CC1CCC(OCC(F)F)CC1. The van der Waals surface area contributed by atoms with Gasteiger partial charge in [-0.3, -0.25) is 0 Å². The van der Waals surface area contributed by atoms with Crippen LogP contribution in [0.3, 0.4) is 0 Å². The smallest absolute Gasteiger partial charge is 0.261 e. The van der Waals surface area contributed by atoms with Crippen molar-refractivity contribution < 1.29 is 13.5 Å². The molecule has 1 aliphatic rings. The van der Waals surface area contributed by atoms with Crippen LogP contribution in [0.4, 0.5) is 8.78 Å². The van der Waals surface area contributed by atoms with E-state index in [1.54, 1.807) is 0 Å². The minimum atomic E-state index is -2.32. The Morgan fingerprint density at radius 3 is 2.33 bits per heavy atom. The number of halogens is 2. The van der Waals surface area contributed by atoms with Gasteiger partial charge < -0.3 is 4.74 Å². The van der Waals surface area contributed by atoms with Crippen LogP contribution in [-0.2, 0) is 4.74 Å². The van der Waals surface area contributed by atoms with Crippen LogP contribution >= 0.6 is 0 Å². The summed E-state index contributed by atoms with van der Waals surface area (Å²) < 4.78 is 28.5. The van der Waals surface area contributed by atoms with E-state index in [0.717, 1.165) is 31.6 Å². The topological polar surface area (TPSA) is 9.23 Å². The van der Waals surface area contributed by atoms with Gasteiger partial charge in [0.1, 0.15) is 6.61 Å². The van der Waals surface area contributed by atoms with Crippen LogP contribution < -0.4 is 0 Å². The van der Waals surface area contributed by atoms with E-state index in [0.29, 0.717) is 0 Å². The third-order valence-corrected chi connectivity index (χ3v) is 2.42. The van der Waals surface area contributed by atoms with E-state index in [9.17, 15) is 8.78 Å². The number of alkyl halides is 2. The molecule has 1 rings (SSSR count). The molecule has 72 valence electrons. The molecule has 0 aromatic heterocycles. The van der Waals surface area contributed by atoms with E-state index in [2.05, 4.69) is 6.92 Å². The minimum Gasteiger partial charge on any atom is -0.372 e. The summed E-state index contributed by atoms with van der Waals surface area (Å²) in [7, 11) is 0. The minimum absolute atomic E-state index is 0.0928. The lowest BCUT2D eigenvalue weighted by atomic mass is 9.89. The summed E-state index contributed by atoms with van der Waals surface area (Å²) in [5, 5.41) is 0. The van der Waals surface area contributed by atoms with Gasteiger partial charge in [-0.05, 0) is 31.6 Å². The van der Waals surface area contributed by atoms with Crippen molar-refractivity contribution in [3.63, 3.8) is 0 Å². The highest BCUT2D eigenvalue weighted by Crippen LogP contribution is 2.25. The second-order valence-electron chi connectivity index (χ2n) is 3.61. The largest absolute Gasteiger partial charge is 0.372 e. The molecule has 1 saturated carbocycles. The summed E-state index contributed by atoms with van der Waals surface area (Å²) in [6, 6.07) is 0. The van der Waals surface area contributed by atoms with Gasteiger partial charge in [0.25, 0.3) is 6.43 Å². The van der Waals surface area contributed by atoms with Crippen molar-refractivity contribution in [1.82, 2.24) is 0 Å². The van der Waals surface area contributed by atoms with Gasteiger partial charge in [0.05, 0.1) is 6.10 Å². The van der Waals surface area contributed by atoms with Crippen molar-refractivity contribution in [3.05, 3.63) is 0 Å². The zero-order chi connectivity index (χ0) is 8.97. The monoisotopic (exact) mass is 178 g/mol. The molecule has 0 amide bonds. The molecule has 0 atom stereocenters. The lowest BCUT2D eigenvalue weighted by Crippen LogP contribution is -2.22. The molecule has 12 heavy (non-hydrogen) atoms. The van der Waals surface area contributed by atoms with Crippen molar-refractivity contribution in [1.29, 1.82) is 0 Å².